The van der Waals surface area contributed by atoms with Crippen molar-refractivity contribution in [1.29, 1.82) is 0 Å². The summed E-state index contributed by atoms with van der Waals surface area (Å²) in [5, 5.41) is 7.58. The van der Waals surface area contributed by atoms with Crippen molar-refractivity contribution in [2.45, 2.75) is 6.04 Å². The highest BCUT2D eigenvalue weighted by Gasteiger charge is 2.23. The van der Waals surface area contributed by atoms with Crippen molar-refractivity contribution in [3.05, 3.63) is 94.4 Å². The molecule has 1 fully saturated rings. The van der Waals surface area contributed by atoms with Gasteiger partial charge in [0.25, 0.3) is 0 Å². The van der Waals surface area contributed by atoms with Gasteiger partial charge in [0, 0.05) is 41.7 Å². The van der Waals surface area contributed by atoms with Crippen molar-refractivity contribution in [3.8, 4) is 11.1 Å². The summed E-state index contributed by atoms with van der Waals surface area (Å²) >= 11 is 1.60. The van der Waals surface area contributed by atoms with Gasteiger partial charge in [-0.3, -0.25) is 4.79 Å². The van der Waals surface area contributed by atoms with Crippen LogP contribution in [0, 0.1) is 0 Å². The van der Waals surface area contributed by atoms with E-state index in [1.54, 1.807) is 29.7 Å². The van der Waals surface area contributed by atoms with Crippen molar-refractivity contribution in [1.82, 2.24) is 15.3 Å². The Morgan fingerprint density at radius 1 is 1.12 bits per heavy atom. The monoisotopic (exact) mass is 447 g/mol. The normalized spacial score (nSPS) is 16.1. The van der Waals surface area contributed by atoms with Gasteiger partial charge >= 0.3 is 0 Å². The molecule has 5 rings (SSSR count). The fourth-order valence-electron chi connectivity index (χ4n) is 3.97. The number of carbonyl (C=O) groups is 1. The number of nitrogens with two attached hydrogens (primary N) is 1. The van der Waals surface area contributed by atoms with Crippen molar-refractivity contribution in [3.63, 3.8) is 0 Å². The Morgan fingerprint density at radius 3 is 2.81 bits per heavy atom. The van der Waals surface area contributed by atoms with E-state index in [1.165, 1.54) is 5.56 Å². The fourth-order valence-corrected chi connectivity index (χ4v) is 4.64. The van der Waals surface area contributed by atoms with Crippen LogP contribution in [0.3, 0.4) is 0 Å². The number of piperazine rings is 1. The van der Waals surface area contributed by atoms with Crippen LogP contribution in [0.2, 0.25) is 0 Å². The maximum Gasteiger partial charge on any atom is 0.215 e. The first-order valence-corrected chi connectivity index (χ1v) is 11.5. The minimum Gasteiger partial charge on any atom is -0.383 e. The summed E-state index contributed by atoms with van der Waals surface area (Å²) in [5.74, 6) is 0.787. The second-order valence-electron chi connectivity index (χ2n) is 7.74. The van der Waals surface area contributed by atoms with Gasteiger partial charge < -0.3 is 16.0 Å². The number of aromatic nitrogens is 2. The largest absolute Gasteiger partial charge is 0.383 e. The molecule has 0 radical (unpaired) electrons. The maximum absolute atomic E-state index is 13.3. The Balaban J connectivity index is 0.00000144. The van der Waals surface area contributed by atoms with Crippen LogP contribution in [0.25, 0.3) is 11.1 Å². The zero-order chi connectivity index (χ0) is 21.9. The van der Waals surface area contributed by atoms with Gasteiger partial charge in [0.1, 0.15) is 17.3 Å². The van der Waals surface area contributed by atoms with E-state index in [1.807, 2.05) is 35.0 Å². The number of nitrogen functional groups attached to an aromatic ring is 1. The van der Waals surface area contributed by atoms with E-state index in [0.29, 0.717) is 11.3 Å². The minimum absolute atomic E-state index is 0. The topological polar surface area (TPSA) is 84.1 Å². The number of ketones is 1. The molecule has 4 heterocycles. The summed E-state index contributed by atoms with van der Waals surface area (Å²) in [6.45, 7) is 2.45. The Bertz CT molecular complexity index is 1240. The second kappa shape index (κ2) is 8.90. The quantitative estimate of drug-likeness (QED) is 0.423. The van der Waals surface area contributed by atoms with E-state index < -0.39 is 0 Å². The number of hydrogen-bond donors (Lipinski definition) is 2. The molecule has 3 N–H and O–H groups in total. The minimum atomic E-state index is -0.219. The number of anilines is 2. The Labute approximate surface area is 195 Å². The number of benzene rings is 1. The molecular weight excluding hydrogens is 418 g/mol. The summed E-state index contributed by atoms with van der Waals surface area (Å²) in [6, 6.07) is 20.0. The maximum atomic E-state index is 13.3. The van der Waals surface area contributed by atoms with Gasteiger partial charge in [0.05, 0.1) is 5.56 Å². The summed E-state index contributed by atoms with van der Waals surface area (Å²) in [5.41, 5.74) is 9.95. The SMILES string of the molecule is Nc1ncc(-c2ccsc2)cc1C(=O)c1cccc(N2CCNC(c3ccccc3)C2)n1.[HH].[HH].[HH]. The number of nitrogens with zero attached hydrogens (tertiary/aromatic N) is 3. The van der Waals surface area contributed by atoms with Crippen LogP contribution < -0.4 is 16.0 Å². The molecule has 4 aromatic rings. The predicted molar refractivity (Wildman–Crippen MR) is 135 cm³/mol. The summed E-state index contributed by atoms with van der Waals surface area (Å²) < 4.78 is 0. The molecule has 1 unspecified atom stereocenters. The van der Waals surface area contributed by atoms with Crippen molar-refractivity contribution in [2.75, 3.05) is 30.3 Å². The van der Waals surface area contributed by atoms with Gasteiger partial charge in [-0.05, 0) is 46.2 Å². The molecule has 1 saturated heterocycles. The summed E-state index contributed by atoms with van der Waals surface area (Å²) in [6.07, 6.45) is 1.70. The van der Waals surface area contributed by atoms with E-state index >= 15 is 0 Å². The molecule has 0 aliphatic carbocycles. The van der Waals surface area contributed by atoms with Gasteiger partial charge in [-0.15, -0.1) is 0 Å². The molecule has 6 nitrogen and oxygen atoms in total. The first-order valence-electron chi connectivity index (χ1n) is 10.5. The first kappa shape index (κ1) is 20.4. The Hall–Kier alpha value is -3.55. The van der Waals surface area contributed by atoms with Gasteiger partial charge in [-0.1, -0.05) is 36.4 Å². The smallest absolute Gasteiger partial charge is 0.215 e. The summed E-state index contributed by atoms with van der Waals surface area (Å²) in [7, 11) is 0. The number of rotatable bonds is 5. The lowest BCUT2D eigenvalue weighted by Gasteiger charge is -2.35. The number of pyridine rings is 2. The third-order valence-electron chi connectivity index (χ3n) is 5.69. The molecule has 1 aliphatic rings. The van der Waals surface area contributed by atoms with Crippen LogP contribution >= 0.6 is 11.3 Å². The number of carbonyl (C=O) groups excluding carboxylic acids is 1. The van der Waals surface area contributed by atoms with Crippen molar-refractivity contribution in [2.24, 2.45) is 0 Å². The predicted octanol–water partition coefficient (Wildman–Crippen LogP) is 4.91. The average Bonchev–Trinajstić information content (AvgIpc) is 3.40. The van der Waals surface area contributed by atoms with Crippen LogP contribution in [-0.4, -0.2) is 35.4 Å². The number of nitrogens with one attached hydrogen (secondary N) is 1. The fraction of sp³-hybridized carbons (Fsp3) is 0.160. The molecule has 3 aromatic heterocycles. The van der Waals surface area contributed by atoms with Gasteiger partial charge in [-0.2, -0.15) is 11.3 Å². The van der Waals surface area contributed by atoms with E-state index in [0.717, 1.165) is 36.6 Å². The number of thiophene rings is 1. The zero-order valence-electron chi connectivity index (χ0n) is 17.4. The van der Waals surface area contributed by atoms with Crippen molar-refractivity contribution < 1.29 is 9.07 Å². The lowest BCUT2D eigenvalue weighted by molar-refractivity contribution is 0.103. The molecule has 1 aromatic carbocycles. The van der Waals surface area contributed by atoms with Crippen LogP contribution in [0.5, 0.6) is 0 Å². The van der Waals surface area contributed by atoms with E-state index in [4.69, 9.17) is 10.7 Å². The van der Waals surface area contributed by atoms with Crippen LogP contribution in [0.4, 0.5) is 11.6 Å². The van der Waals surface area contributed by atoms with Crippen molar-refractivity contribution >= 4 is 28.8 Å². The van der Waals surface area contributed by atoms with Crippen LogP contribution in [0.1, 0.15) is 31.9 Å². The third kappa shape index (κ3) is 4.12. The molecule has 7 heteroatoms. The highest BCUT2D eigenvalue weighted by atomic mass is 32.1. The van der Waals surface area contributed by atoms with E-state index in [-0.39, 0.29) is 21.9 Å². The highest BCUT2D eigenvalue weighted by molar-refractivity contribution is 7.08. The van der Waals surface area contributed by atoms with Gasteiger partial charge in [0.15, 0.2) is 0 Å². The molecule has 0 bridgehead atoms. The average molecular weight is 448 g/mol. The van der Waals surface area contributed by atoms with Gasteiger partial charge in [0.2, 0.25) is 5.78 Å². The molecule has 0 spiro atoms. The molecule has 1 aliphatic heterocycles. The zero-order valence-corrected chi connectivity index (χ0v) is 18.3. The first-order chi connectivity index (χ1) is 15.7. The molecule has 0 saturated carbocycles. The van der Waals surface area contributed by atoms with Gasteiger partial charge in [-0.25, -0.2) is 9.97 Å². The highest BCUT2D eigenvalue weighted by Crippen LogP contribution is 2.26. The van der Waals surface area contributed by atoms with E-state index in [2.05, 4.69) is 39.5 Å². The van der Waals surface area contributed by atoms with Crippen LogP contribution in [0.15, 0.2) is 77.6 Å². The third-order valence-corrected chi connectivity index (χ3v) is 6.37. The lowest BCUT2D eigenvalue weighted by atomic mass is 10.0. The molecular formula is C25H29N5OS. The molecule has 32 heavy (non-hydrogen) atoms. The Morgan fingerprint density at radius 2 is 2.00 bits per heavy atom. The number of hydrogen-bond acceptors (Lipinski definition) is 7. The summed E-state index contributed by atoms with van der Waals surface area (Å²) in [4.78, 5) is 24.5. The molecule has 1 atom stereocenters. The van der Waals surface area contributed by atoms with E-state index in [9.17, 15) is 4.79 Å². The molecule has 166 valence electrons. The lowest BCUT2D eigenvalue weighted by Crippen LogP contribution is -2.46. The standard InChI is InChI=1S/C25H23N5OS.3H2/c26-25-20(13-19(14-28-25)18-9-12-32-16-18)24(31)21-7-4-8-23(29-21)30-11-10-27-22(15-30)17-5-2-1-3-6-17;;;/h1-9,12-14,16,22,27H,10-11,15H2,(H2,26,28);3*1H. The van der Waals surface area contributed by atoms with Crippen LogP contribution in [-0.2, 0) is 0 Å². The Kier molecular flexibility index (Phi) is 5.66. The molecule has 0 amide bonds. The second-order valence-corrected chi connectivity index (χ2v) is 8.52.